The molecule has 1 fully saturated rings. The van der Waals surface area contributed by atoms with Crippen LogP contribution in [0.25, 0.3) is 0 Å². The molecule has 1 aromatic carbocycles. The molecule has 0 radical (unpaired) electrons. The Hall–Kier alpha value is -1.06. The van der Waals surface area contributed by atoms with Crippen molar-refractivity contribution < 1.29 is 0 Å². The van der Waals surface area contributed by atoms with Crippen molar-refractivity contribution >= 4 is 5.69 Å². The summed E-state index contributed by atoms with van der Waals surface area (Å²) < 4.78 is 0. The van der Waals surface area contributed by atoms with Crippen LogP contribution in [-0.2, 0) is 0 Å². The highest BCUT2D eigenvalue weighted by Crippen LogP contribution is 2.26. The summed E-state index contributed by atoms with van der Waals surface area (Å²) in [6.07, 6.45) is 2.07. The minimum atomic E-state index is 0.317. The van der Waals surface area contributed by atoms with E-state index in [-0.39, 0.29) is 0 Å². The minimum absolute atomic E-state index is 0.317. The van der Waals surface area contributed by atoms with Crippen LogP contribution in [-0.4, -0.2) is 12.6 Å². The molecule has 15 heavy (non-hydrogen) atoms. The van der Waals surface area contributed by atoms with Crippen LogP contribution in [0.5, 0.6) is 0 Å². The van der Waals surface area contributed by atoms with Crippen LogP contribution < -0.4 is 16.8 Å². The van der Waals surface area contributed by atoms with Gasteiger partial charge < -0.3 is 16.8 Å². The number of rotatable bonds is 1. The Kier molecular flexibility index (Phi) is 2.93. The van der Waals surface area contributed by atoms with Gasteiger partial charge in [-0.1, -0.05) is 6.07 Å². The topological polar surface area (TPSA) is 64.1 Å². The second-order valence-corrected chi connectivity index (χ2v) is 4.41. The number of hydrogen-bond acceptors (Lipinski definition) is 3. The van der Waals surface area contributed by atoms with Gasteiger partial charge in [0, 0.05) is 17.8 Å². The number of nitrogens with one attached hydrogen (secondary N) is 1. The predicted octanol–water partition coefficient (Wildman–Crippen LogP) is 1.33. The van der Waals surface area contributed by atoms with Crippen LogP contribution in [0.2, 0.25) is 0 Å². The second kappa shape index (κ2) is 4.21. The van der Waals surface area contributed by atoms with Gasteiger partial charge in [0.05, 0.1) is 0 Å². The lowest BCUT2D eigenvalue weighted by atomic mass is 9.91. The van der Waals surface area contributed by atoms with Gasteiger partial charge >= 0.3 is 0 Å². The molecule has 0 aromatic heterocycles. The molecule has 0 spiro atoms. The van der Waals surface area contributed by atoms with Crippen molar-refractivity contribution in [2.24, 2.45) is 5.73 Å². The van der Waals surface area contributed by atoms with Crippen LogP contribution in [0.4, 0.5) is 5.69 Å². The molecule has 0 saturated carbocycles. The molecule has 2 unspecified atom stereocenters. The first-order valence-electron chi connectivity index (χ1n) is 5.52. The van der Waals surface area contributed by atoms with E-state index in [0.717, 1.165) is 25.1 Å². The quantitative estimate of drug-likeness (QED) is 0.606. The zero-order chi connectivity index (χ0) is 10.8. The van der Waals surface area contributed by atoms with Gasteiger partial charge in [0.15, 0.2) is 0 Å². The fourth-order valence-corrected chi connectivity index (χ4v) is 2.22. The summed E-state index contributed by atoms with van der Waals surface area (Å²) in [5.41, 5.74) is 15.2. The highest BCUT2D eigenvalue weighted by molar-refractivity contribution is 5.45. The summed E-state index contributed by atoms with van der Waals surface area (Å²) in [5.74, 6) is 0. The fourth-order valence-electron chi connectivity index (χ4n) is 2.22. The van der Waals surface area contributed by atoms with Crippen molar-refractivity contribution in [1.29, 1.82) is 0 Å². The molecule has 2 atom stereocenters. The van der Waals surface area contributed by atoms with E-state index in [9.17, 15) is 0 Å². The van der Waals surface area contributed by atoms with Gasteiger partial charge in [-0.15, -0.1) is 0 Å². The lowest BCUT2D eigenvalue weighted by Gasteiger charge is -2.29. The highest BCUT2D eigenvalue weighted by atomic mass is 14.9. The van der Waals surface area contributed by atoms with Crippen molar-refractivity contribution in [1.82, 2.24) is 5.32 Å². The number of benzene rings is 1. The van der Waals surface area contributed by atoms with Gasteiger partial charge in [-0.2, -0.15) is 0 Å². The van der Waals surface area contributed by atoms with E-state index in [0.29, 0.717) is 12.1 Å². The van der Waals surface area contributed by atoms with Crippen LogP contribution in [0, 0.1) is 6.92 Å². The molecule has 1 aromatic rings. The fraction of sp³-hybridized carbons (Fsp3) is 0.500. The van der Waals surface area contributed by atoms with E-state index < -0.39 is 0 Å². The summed E-state index contributed by atoms with van der Waals surface area (Å²) in [4.78, 5) is 0. The minimum Gasteiger partial charge on any atom is -0.399 e. The summed E-state index contributed by atoms with van der Waals surface area (Å²) in [6.45, 7) is 3.12. The lowest BCUT2D eigenvalue weighted by Crippen LogP contribution is -2.38. The van der Waals surface area contributed by atoms with E-state index in [4.69, 9.17) is 11.5 Å². The molecule has 1 saturated heterocycles. The van der Waals surface area contributed by atoms with Crippen LogP contribution >= 0.6 is 0 Å². The molecular weight excluding hydrogens is 186 g/mol. The zero-order valence-corrected chi connectivity index (χ0v) is 9.16. The van der Waals surface area contributed by atoms with Crippen LogP contribution in [0.15, 0.2) is 18.2 Å². The van der Waals surface area contributed by atoms with Crippen molar-refractivity contribution in [3.63, 3.8) is 0 Å². The first kappa shape index (κ1) is 10.5. The molecule has 1 aliphatic heterocycles. The van der Waals surface area contributed by atoms with Gasteiger partial charge in [-0.3, -0.25) is 0 Å². The molecule has 3 nitrogen and oxygen atoms in total. The SMILES string of the molecule is Cc1ccc(N)cc1C1CC(N)CCN1. The summed E-state index contributed by atoms with van der Waals surface area (Å²) >= 11 is 0. The Balaban J connectivity index is 2.24. The lowest BCUT2D eigenvalue weighted by molar-refractivity contribution is 0.368. The largest absolute Gasteiger partial charge is 0.399 e. The van der Waals surface area contributed by atoms with Crippen LogP contribution in [0.3, 0.4) is 0 Å². The maximum atomic E-state index is 5.98. The van der Waals surface area contributed by atoms with Crippen molar-refractivity contribution in [3.8, 4) is 0 Å². The molecule has 0 bridgehead atoms. The summed E-state index contributed by atoms with van der Waals surface area (Å²) in [5, 5.41) is 3.50. The number of piperidine rings is 1. The number of nitrogens with two attached hydrogens (primary N) is 2. The molecule has 1 heterocycles. The molecule has 2 rings (SSSR count). The standard InChI is InChI=1S/C12H19N3/c1-8-2-3-9(13)6-11(8)12-7-10(14)4-5-15-12/h2-3,6,10,12,15H,4-5,7,13-14H2,1H3. The summed E-state index contributed by atoms with van der Waals surface area (Å²) in [6, 6.07) is 6.77. The Morgan fingerprint density at radius 3 is 2.93 bits per heavy atom. The number of nitrogen functional groups attached to an aromatic ring is 1. The van der Waals surface area contributed by atoms with Crippen LogP contribution in [0.1, 0.15) is 30.0 Å². The Morgan fingerprint density at radius 1 is 1.40 bits per heavy atom. The van der Waals surface area contributed by atoms with Crippen molar-refractivity contribution in [2.75, 3.05) is 12.3 Å². The molecule has 3 heteroatoms. The van der Waals surface area contributed by atoms with E-state index in [2.05, 4.69) is 24.4 Å². The number of aryl methyl sites for hydroxylation is 1. The first-order valence-corrected chi connectivity index (χ1v) is 5.52. The van der Waals surface area contributed by atoms with Gasteiger partial charge in [0.25, 0.3) is 0 Å². The summed E-state index contributed by atoms with van der Waals surface area (Å²) in [7, 11) is 0. The van der Waals surface area contributed by atoms with Gasteiger partial charge in [0.2, 0.25) is 0 Å². The first-order chi connectivity index (χ1) is 7.16. The Labute approximate surface area is 90.8 Å². The molecular formula is C12H19N3. The monoisotopic (exact) mass is 205 g/mol. The maximum absolute atomic E-state index is 5.98. The van der Waals surface area contributed by atoms with E-state index >= 15 is 0 Å². The Morgan fingerprint density at radius 2 is 2.20 bits per heavy atom. The third kappa shape index (κ3) is 2.30. The smallest absolute Gasteiger partial charge is 0.0338 e. The van der Waals surface area contributed by atoms with Gasteiger partial charge in [-0.25, -0.2) is 0 Å². The third-order valence-corrected chi connectivity index (χ3v) is 3.12. The van der Waals surface area contributed by atoms with E-state index in [1.807, 2.05) is 6.07 Å². The maximum Gasteiger partial charge on any atom is 0.0338 e. The molecule has 0 aliphatic carbocycles. The molecule has 1 aliphatic rings. The average molecular weight is 205 g/mol. The van der Waals surface area contributed by atoms with Gasteiger partial charge in [-0.05, 0) is 49.6 Å². The average Bonchev–Trinajstić information content (AvgIpc) is 2.22. The zero-order valence-electron chi connectivity index (χ0n) is 9.16. The number of anilines is 1. The van der Waals surface area contributed by atoms with Crippen molar-refractivity contribution in [2.45, 2.75) is 31.8 Å². The predicted molar refractivity (Wildman–Crippen MR) is 63.5 cm³/mol. The van der Waals surface area contributed by atoms with Gasteiger partial charge in [0.1, 0.15) is 0 Å². The third-order valence-electron chi connectivity index (χ3n) is 3.12. The number of hydrogen-bond donors (Lipinski definition) is 3. The van der Waals surface area contributed by atoms with Crippen molar-refractivity contribution in [3.05, 3.63) is 29.3 Å². The van der Waals surface area contributed by atoms with E-state index in [1.54, 1.807) is 0 Å². The second-order valence-electron chi connectivity index (χ2n) is 4.41. The Bertz CT molecular complexity index is 349. The highest BCUT2D eigenvalue weighted by Gasteiger charge is 2.21. The molecule has 5 N–H and O–H groups in total. The molecule has 0 amide bonds. The normalized spacial score (nSPS) is 26.5. The molecule has 82 valence electrons. The van der Waals surface area contributed by atoms with E-state index in [1.165, 1.54) is 11.1 Å².